The maximum absolute atomic E-state index is 12.1. The van der Waals surface area contributed by atoms with Gasteiger partial charge in [0.2, 0.25) is 0 Å². The highest BCUT2D eigenvalue weighted by Gasteiger charge is 2.24. The predicted molar refractivity (Wildman–Crippen MR) is 107 cm³/mol. The SMILES string of the molecule is C=C(Cc1cc(C(C)(C)C)ccc1COC(=O)C(C)(C)C)C(C)(C)C. The van der Waals surface area contributed by atoms with Crippen LogP contribution in [0.1, 0.15) is 79.0 Å². The number of hydrogen-bond acceptors (Lipinski definition) is 2. The number of benzene rings is 1. The Morgan fingerprint density at radius 1 is 0.920 bits per heavy atom. The molecule has 1 aromatic carbocycles. The van der Waals surface area contributed by atoms with E-state index in [9.17, 15) is 4.79 Å². The van der Waals surface area contributed by atoms with Crippen LogP contribution in [-0.2, 0) is 28.0 Å². The lowest BCUT2D eigenvalue weighted by Crippen LogP contribution is -2.23. The molecule has 2 nitrogen and oxygen atoms in total. The molecular weight excluding hydrogens is 308 g/mol. The van der Waals surface area contributed by atoms with E-state index < -0.39 is 5.41 Å². The Bertz CT molecular complexity index is 632. The molecule has 0 aromatic heterocycles. The Kier molecular flexibility index (Phi) is 6.32. The van der Waals surface area contributed by atoms with Crippen molar-refractivity contribution in [3.8, 4) is 0 Å². The molecule has 0 spiro atoms. The highest BCUT2D eigenvalue weighted by atomic mass is 16.5. The number of carbonyl (C=O) groups excluding carboxylic acids is 1. The number of esters is 1. The van der Waals surface area contributed by atoms with Gasteiger partial charge in [0.15, 0.2) is 0 Å². The highest BCUT2D eigenvalue weighted by molar-refractivity contribution is 5.75. The van der Waals surface area contributed by atoms with Crippen LogP contribution in [0, 0.1) is 10.8 Å². The average Bonchev–Trinajstić information content (AvgIpc) is 2.42. The van der Waals surface area contributed by atoms with E-state index in [2.05, 4.69) is 66.3 Å². The van der Waals surface area contributed by atoms with Crippen LogP contribution in [0.3, 0.4) is 0 Å². The molecule has 0 saturated carbocycles. The second kappa shape index (κ2) is 7.35. The van der Waals surface area contributed by atoms with Gasteiger partial charge in [-0.3, -0.25) is 4.79 Å². The lowest BCUT2D eigenvalue weighted by atomic mass is 9.80. The fourth-order valence-electron chi connectivity index (χ4n) is 2.25. The van der Waals surface area contributed by atoms with E-state index >= 15 is 0 Å². The zero-order valence-corrected chi connectivity index (χ0v) is 17.7. The normalized spacial score (nSPS) is 12.8. The molecule has 0 saturated heterocycles. The van der Waals surface area contributed by atoms with E-state index in [1.165, 1.54) is 16.7 Å². The van der Waals surface area contributed by atoms with Crippen molar-refractivity contribution >= 4 is 5.97 Å². The molecule has 25 heavy (non-hydrogen) atoms. The molecule has 0 atom stereocenters. The third kappa shape index (κ3) is 6.34. The van der Waals surface area contributed by atoms with E-state index in [4.69, 9.17) is 4.74 Å². The van der Waals surface area contributed by atoms with Crippen LogP contribution >= 0.6 is 0 Å². The van der Waals surface area contributed by atoms with Gasteiger partial charge in [0.05, 0.1) is 5.41 Å². The molecule has 0 N–H and O–H groups in total. The van der Waals surface area contributed by atoms with E-state index in [1.807, 2.05) is 20.8 Å². The van der Waals surface area contributed by atoms with Crippen LogP contribution in [0.2, 0.25) is 0 Å². The predicted octanol–water partition coefficient (Wildman–Crippen LogP) is 6.22. The summed E-state index contributed by atoms with van der Waals surface area (Å²) in [5.74, 6) is -0.173. The van der Waals surface area contributed by atoms with Crippen molar-refractivity contribution in [1.82, 2.24) is 0 Å². The third-order valence-corrected chi connectivity index (χ3v) is 4.51. The number of allylic oxidation sites excluding steroid dienone is 1. The number of carbonyl (C=O) groups is 1. The zero-order chi connectivity index (χ0) is 19.6. The molecule has 0 aliphatic carbocycles. The van der Waals surface area contributed by atoms with Crippen molar-refractivity contribution in [2.75, 3.05) is 0 Å². The van der Waals surface area contributed by atoms with Gasteiger partial charge in [-0.2, -0.15) is 0 Å². The van der Waals surface area contributed by atoms with Crippen LogP contribution in [0.4, 0.5) is 0 Å². The largest absolute Gasteiger partial charge is 0.460 e. The van der Waals surface area contributed by atoms with E-state index in [1.54, 1.807) is 0 Å². The molecule has 1 rings (SSSR count). The first-order valence-corrected chi connectivity index (χ1v) is 9.10. The molecule has 0 unspecified atom stereocenters. The van der Waals surface area contributed by atoms with Gasteiger partial charge in [-0.15, -0.1) is 0 Å². The van der Waals surface area contributed by atoms with Crippen molar-refractivity contribution < 1.29 is 9.53 Å². The summed E-state index contributed by atoms with van der Waals surface area (Å²) in [4.78, 5) is 12.1. The third-order valence-electron chi connectivity index (χ3n) is 4.51. The molecule has 0 bridgehead atoms. The van der Waals surface area contributed by atoms with Crippen LogP contribution < -0.4 is 0 Å². The maximum atomic E-state index is 12.1. The molecule has 1 aromatic rings. The Labute approximate surface area is 154 Å². The van der Waals surface area contributed by atoms with Gasteiger partial charge in [-0.25, -0.2) is 0 Å². The Balaban J connectivity index is 3.15. The topological polar surface area (TPSA) is 26.3 Å². The van der Waals surface area contributed by atoms with E-state index in [-0.39, 0.29) is 16.8 Å². The van der Waals surface area contributed by atoms with E-state index in [0.29, 0.717) is 6.61 Å². The number of ether oxygens (including phenoxy) is 1. The van der Waals surface area contributed by atoms with Gasteiger partial charge in [0, 0.05) is 0 Å². The summed E-state index contributed by atoms with van der Waals surface area (Å²) >= 11 is 0. The van der Waals surface area contributed by atoms with Gasteiger partial charge >= 0.3 is 5.97 Å². The van der Waals surface area contributed by atoms with Gasteiger partial charge in [-0.05, 0) is 54.7 Å². The average molecular weight is 345 g/mol. The summed E-state index contributed by atoms with van der Waals surface area (Å²) in [5.41, 5.74) is 4.39. The second-order valence-corrected chi connectivity index (χ2v) is 10.1. The molecule has 2 heteroatoms. The van der Waals surface area contributed by atoms with Gasteiger partial charge < -0.3 is 4.74 Å². The van der Waals surface area contributed by atoms with Crippen molar-refractivity contribution in [3.05, 3.63) is 47.0 Å². The van der Waals surface area contributed by atoms with Crippen molar-refractivity contribution in [3.63, 3.8) is 0 Å². The number of rotatable bonds is 4. The first-order chi connectivity index (χ1) is 11.1. The van der Waals surface area contributed by atoms with Crippen LogP contribution in [0.25, 0.3) is 0 Å². The summed E-state index contributed by atoms with van der Waals surface area (Å²) in [6.07, 6.45) is 0.801. The van der Waals surface area contributed by atoms with Crippen molar-refractivity contribution in [2.45, 2.75) is 80.8 Å². The minimum Gasteiger partial charge on any atom is -0.460 e. The molecular formula is C23H36O2. The summed E-state index contributed by atoms with van der Waals surface area (Å²) in [5, 5.41) is 0. The fraction of sp³-hybridized carbons (Fsp3) is 0.609. The lowest BCUT2D eigenvalue weighted by Gasteiger charge is -2.26. The van der Waals surface area contributed by atoms with Gasteiger partial charge in [0.25, 0.3) is 0 Å². The fourth-order valence-corrected chi connectivity index (χ4v) is 2.25. The smallest absolute Gasteiger partial charge is 0.311 e. The Morgan fingerprint density at radius 3 is 1.92 bits per heavy atom. The highest BCUT2D eigenvalue weighted by Crippen LogP contribution is 2.31. The summed E-state index contributed by atoms with van der Waals surface area (Å²) < 4.78 is 5.56. The summed E-state index contributed by atoms with van der Waals surface area (Å²) in [6.45, 7) is 23.4. The van der Waals surface area contributed by atoms with Gasteiger partial charge in [0.1, 0.15) is 6.61 Å². The molecule has 0 aliphatic rings. The first kappa shape index (κ1) is 21.5. The van der Waals surface area contributed by atoms with Crippen molar-refractivity contribution in [2.24, 2.45) is 10.8 Å². The standard InChI is InChI=1S/C23H36O2/c1-16(21(2,3)4)13-18-14-19(22(5,6)7)12-11-17(18)15-25-20(24)23(8,9)10/h11-12,14H,1,13,15H2,2-10H3. The molecule has 0 aliphatic heterocycles. The molecule has 140 valence electrons. The Hall–Kier alpha value is -1.57. The van der Waals surface area contributed by atoms with E-state index in [0.717, 1.165) is 12.0 Å². The lowest BCUT2D eigenvalue weighted by molar-refractivity contribution is -0.154. The van der Waals surface area contributed by atoms with Crippen LogP contribution in [0.5, 0.6) is 0 Å². The summed E-state index contributed by atoms with van der Waals surface area (Å²) in [7, 11) is 0. The first-order valence-electron chi connectivity index (χ1n) is 9.10. The zero-order valence-electron chi connectivity index (χ0n) is 17.7. The van der Waals surface area contributed by atoms with Crippen LogP contribution in [0.15, 0.2) is 30.4 Å². The molecule has 0 fully saturated rings. The maximum Gasteiger partial charge on any atom is 0.311 e. The quantitative estimate of drug-likeness (QED) is 0.479. The Morgan fingerprint density at radius 2 is 1.48 bits per heavy atom. The van der Waals surface area contributed by atoms with Crippen LogP contribution in [-0.4, -0.2) is 5.97 Å². The minimum atomic E-state index is -0.486. The number of hydrogen-bond donors (Lipinski definition) is 0. The molecule has 0 radical (unpaired) electrons. The minimum absolute atomic E-state index is 0.0527. The second-order valence-electron chi connectivity index (χ2n) is 10.1. The monoisotopic (exact) mass is 344 g/mol. The summed E-state index contributed by atoms with van der Waals surface area (Å²) in [6, 6.07) is 6.49. The van der Waals surface area contributed by atoms with Crippen molar-refractivity contribution in [1.29, 1.82) is 0 Å². The molecule has 0 amide bonds. The molecule has 0 heterocycles. The van der Waals surface area contributed by atoms with Gasteiger partial charge in [-0.1, -0.05) is 71.9 Å².